The van der Waals surface area contributed by atoms with Crippen molar-refractivity contribution in [3.8, 4) is 0 Å². The molecule has 1 aromatic rings. The number of methoxy groups -OCH3 is 1. The van der Waals surface area contributed by atoms with E-state index < -0.39 is 0 Å². The lowest BCUT2D eigenvalue weighted by atomic mass is 10.1. The van der Waals surface area contributed by atoms with Gasteiger partial charge in [0, 0.05) is 18.8 Å². The van der Waals surface area contributed by atoms with E-state index in [2.05, 4.69) is 4.74 Å². The predicted molar refractivity (Wildman–Crippen MR) is 58.7 cm³/mol. The molecule has 4 nitrogen and oxygen atoms in total. The summed E-state index contributed by atoms with van der Waals surface area (Å²) in [5.74, 6) is -0.301. The zero-order chi connectivity index (χ0) is 11.4. The lowest BCUT2D eigenvalue weighted by molar-refractivity contribution is 0.0589. The fraction of sp³-hybridized carbons (Fsp3) is 0.545. The van der Waals surface area contributed by atoms with Crippen LogP contribution in [0.2, 0.25) is 0 Å². The minimum atomic E-state index is -0.301. The molecule has 0 bridgehead atoms. The Hall–Kier alpha value is -1.29. The van der Waals surface area contributed by atoms with Crippen LogP contribution in [0.4, 0.5) is 0 Å². The molecule has 2 N–H and O–H groups in total. The summed E-state index contributed by atoms with van der Waals surface area (Å²) in [6.45, 7) is 1.98. The fourth-order valence-electron chi connectivity index (χ4n) is 1.49. The van der Waals surface area contributed by atoms with Crippen molar-refractivity contribution in [2.75, 3.05) is 7.11 Å². The van der Waals surface area contributed by atoms with Gasteiger partial charge >= 0.3 is 5.97 Å². The molecule has 1 atom stereocenters. The molecule has 0 aromatic carbocycles. The second-order valence-corrected chi connectivity index (χ2v) is 3.78. The van der Waals surface area contributed by atoms with Crippen LogP contribution in [-0.4, -0.2) is 23.7 Å². The Balaban J connectivity index is 2.75. The number of hydrogen-bond donors (Lipinski definition) is 1. The molecule has 0 fully saturated rings. The zero-order valence-corrected chi connectivity index (χ0v) is 9.49. The highest BCUT2D eigenvalue weighted by Crippen LogP contribution is 2.11. The average Bonchev–Trinajstić information content (AvgIpc) is 2.56. The molecule has 0 aliphatic carbocycles. The van der Waals surface area contributed by atoms with Gasteiger partial charge in [-0.1, -0.05) is 0 Å². The number of rotatable bonds is 4. The van der Waals surface area contributed by atoms with Crippen molar-refractivity contribution in [2.45, 2.75) is 25.8 Å². The van der Waals surface area contributed by atoms with Crippen molar-refractivity contribution in [2.24, 2.45) is 12.8 Å². The third-order valence-electron chi connectivity index (χ3n) is 2.48. The number of carbonyl (C=O) groups excluding carboxylic acids is 1. The molecule has 1 aromatic heterocycles. The van der Waals surface area contributed by atoms with Gasteiger partial charge in [0.1, 0.15) is 5.69 Å². The molecule has 84 valence electrons. The monoisotopic (exact) mass is 210 g/mol. The molecule has 1 rings (SSSR count). The van der Waals surface area contributed by atoms with Gasteiger partial charge in [-0.2, -0.15) is 0 Å². The van der Waals surface area contributed by atoms with Gasteiger partial charge in [0.05, 0.1) is 7.11 Å². The number of aromatic nitrogens is 1. The molecule has 0 amide bonds. The maximum absolute atomic E-state index is 11.3. The minimum Gasteiger partial charge on any atom is -0.464 e. The van der Waals surface area contributed by atoms with E-state index >= 15 is 0 Å². The van der Waals surface area contributed by atoms with E-state index in [1.165, 1.54) is 7.11 Å². The van der Waals surface area contributed by atoms with E-state index in [1.807, 2.05) is 24.6 Å². The summed E-state index contributed by atoms with van der Waals surface area (Å²) in [4.78, 5) is 11.3. The van der Waals surface area contributed by atoms with Gasteiger partial charge < -0.3 is 15.0 Å². The normalized spacial score (nSPS) is 12.5. The molecule has 0 saturated carbocycles. The first-order chi connectivity index (χ1) is 7.06. The molecular formula is C11H18N2O2. The van der Waals surface area contributed by atoms with Gasteiger partial charge in [0.25, 0.3) is 0 Å². The van der Waals surface area contributed by atoms with Crippen molar-refractivity contribution < 1.29 is 9.53 Å². The summed E-state index contributed by atoms with van der Waals surface area (Å²) < 4.78 is 6.53. The summed E-state index contributed by atoms with van der Waals surface area (Å²) in [6.07, 6.45) is 1.80. The largest absolute Gasteiger partial charge is 0.464 e. The van der Waals surface area contributed by atoms with Crippen LogP contribution < -0.4 is 5.73 Å². The van der Waals surface area contributed by atoms with Crippen LogP contribution in [0.25, 0.3) is 0 Å². The Morgan fingerprint density at radius 3 is 2.80 bits per heavy atom. The zero-order valence-electron chi connectivity index (χ0n) is 9.49. The number of esters is 1. The summed E-state index contributed by atoms with van der Waals surface area (Å²) in [5, 5.41) is 0. The molecule has 15 heavy (non-hydrogen) atoms. The molecule has 0 saturated heterocycles. The van der Waals surface area contributed by atoms with Crippen LogP contribution in [0.3, 0.4) is 0 Å². The molecular weight excluding hydrogens is 192 g/mol. The highest BCUT2D eigenvalue weighted by Gasteiger charge is 2.12. The SMILES string of the molecule is COC(=O)c1ccc(CCC(C)N)n1C. The second kappa shape index (κ2) is 4.98. The first kappa shape index (κ1) is 11.8. The highest BCUT2D eigenvalue weighted by atomic mass is 16.5. The summed E-state index contributed by atoms with van der Waals surface area (Å²) in [5.41, 5.74) is 7.37. The van der Waals surface area contributed by atoms with Crippen LogP contribution in [0, 0.1) is 0 Å². The lowest BCUT2D eigenvalue weighted by Crippen LogP contribution is -2.16. The Kier molecular flexibility index (Phi) is 3.91. The first-order valence-electron chi connectivity index (χ1n) is 5.04. The van der Waals surface area contributed by atoms with E-state index in [1.54, 1.807) is 6.07 Å². The maximum atomic E-state index is 11.3. The van der Waals surface area contributed by atoms with E-state index in [-0.39, 0.29) is 12.0 Å². The molecule has 1 heterocycles. The van der Waals surface area contributed by atoms with Gasteiger partial charge in [0.15, 0.2) is 0 Å². The average molecular weight is 210 g/mol. The molecule has 0 aliphatic heterocycles. The van der Waals surface area contributed by atoms with E-state index in [0.29, 0.717) is 5.69 Å². The van der Waals surface area contributed by atoms with Crippen molar-refractivity contribution >= 4 is 5.97 Å². The molecule has 0 aliphatic rings. The number of carbonyl (C=O) groups is 1. The number of nitrogens with zero attached hydrogens (tertiary/aromatic N) is 1. The quantitative estimate of drug-likeness (QED) is 0.757. The smallest absolute Gasteiger partial charge is 0.354 e. The maximum Gasteiger partial charge on any atom is 0.354 e. The first-order valence-corrected chi connectivity index (χ1v) is 5.04. The second-order valence-electron chi connectivity index (χ2n) is 3.78. The minimum absolute atomic E-state index is 0.182. The summed E-state index contributed by atoms with van der Waals surface area (Å²) in [6, 6.07) is 3.90. The molecule has 4 heteroatoms. The van der Waals surface area contributed by atoms with Crippen LogP contribution >= 0.6 is 0 Å². The topological polar surface area (TPSA) is 57.2 Å². The van der Waals surface area contributed by atoms with Crippen LogP contribution in [0.5, 0.6) is 0 Å². The van der Waals surface area contributed by atoms with Gasteiger partial charge in [0.2, 0.25) is 0 Å². The van der Waals surface area contributed by atoms with Crippen molar-refractivity contribution in [3.05, 3.63) is 23.5 Å². The van der Waals surface area contributed by atoms with Gasteiger partial charge in [-0.05, 0) is 31.9 Å². The number of aryl methyl sites for hydroxylation is 1. The third-order valence-corrected chi connectivity index (χ3v) is 2.48. The third kappa shape index (κ3) is 2.83. The standard InChI is InChI=1S/C11H18N2O2/c1-8(12)4-5-9-6-7-10(13(9)2)11(14)15-3/h6-8H,4-5,12H2,1-3H3. The highest BCUT2D eigenvalue weighted by molar-refractivity contribution is 5.87. The van der Waals surface area contributed by atoms with Gasteiger partial charge in [-0.15, -0.1) is 0 Å². The molecule has 1 unspecified atom stereocenters. The number of hydrogen-bond acceptors (Lipinski definition) is 3. The van der Waals surface area contributed by atoms with Gasteiger partial charge in [-0.25, -0.2) is 4.79 Å². The van der Waals surface area contributed by atoms with Gasteiger partial charge in [-0.3, -0.25) is 0 Å². The Morgan fingerprint density at radius 2 is 2.27 bits per heavy atom. The van der Waals surface area contributed by atoms with Crippen LogP contribution in [-0.2, 0) is 18.2 Å². The van der Waals surface area contributed by atoms with Crippen LogP contribution in [0.15, 0.2) is 12.1 Å². The van der Waals surface area contributed by atoms with Crippen molar-refractivity contribution in [3.63, 3.8) is 0 Å². The van der Waals surface area contributed by atoms with E-state index in [4.69, 9.17) is 5.73 Å². The molecule has 0 radical (unpaired) electrons. The number of ether oxygens (including phenoxy) is 1. The van der Waals surface area contributed by atoms with Crippen LogP contribution in [0.1, 0.15) is 29.5 Å². The predicted octanol–water partition coefficient (Wildman–Crippen LogP) is 1.09. The van der Waals surface area contributed by atoms with E-state index in [0.717, 1.165) is 18.5 Å². The van der Waals surface area contributed by atoms with E-state index in [9.17, 15) is 4.79 Å². The number of nitrogens with two attached hydrogens (primary N) is 1. The Bertz CT molecular complexity index is 342. The lowest BCUT2D eigenvalue weighted by Gasteiger charge is -2.07. The molecule has 0 spiro atoms. The van der Waals surface area contributed by atoms with Crippen molar-refractivity contribution in [1.82, 2.24) is 4.57 Å². The van der Waals surface area contributed by atoms with Crippen molar-refractivity contribution in [1.29, 1.82) is 0 Å². The Morgan fingerprint density at radius 1 is 1.60 bits per heavy atom. The fourth-order valence-corrected chi connectivity index (χ4v) is 1.49. The Labute approximate surface area is 90.0 Å². The summed E-state index contributed by atoms with van der Waals surface area (Å²) in [7, 11) is 3.25. The summed E-state index contributed by atoms with van der Waals surface area (Å²) >= 11 is 0.